The van der Waals surface area contributed by atoms with Gasteiger partial charge in [-0.15, -0.1) is 0 Å². The van der Waals surface area contributed by atoms with Crippen molar-refractivity contribution in [2.45, 2.75) is 57.7 Å². The number of hydrogen-bond acceptors (Lipinski definition) is 4. The highest BCUT2D eigenvalue weighted by atomic mass is 35.5. The summed E-state index contributed by atoms with van der Waals surface area (Å²) in [7, 11) is 1.47. The molecular formula is C15H24ClN3O2. The second kappa shape index (κ2) is 6.79. The zero-order valence-electron chi connectivity index (χ0n) is 12.9. The number of rotatable bonds is 6. The first kappa shape index (κ1) is 16.3. The minimum atomic E-state index is -0.556. The Kier molecular flexibility index (Phi) is 5.27. The monoisotopic (exact) mass is 313 g/mol. The first-order valence-electron chi connectivity index (χ1n) is 7.52. The van der Waals surface area contributed by atoms with Gasteiger partial charge in [0.15, 0.2) is 0 Å². The molecule has 5 nitrogen and oxygen atoms in total. The van der Waals surface area contributed by atoms with Crippen molar-refractivity contribution in [1.82, 2.24) is 15.1 Å². The van der Waals surface area contributed by atoms with Crippen molar-refractivity contribution in [3.05, 3.63) is 17.4 Å². The zero-order valence-corrected chi connectivity index (χ0v) is 13.7. The van der Waals surface area contributed by atoms with E-state index in [0.717, 1.165) is 32.2 Å². The van der Waals surface area contributed by atoms with Gasteiger partial charge >= 0.3 is 5.97 Å². The summed E-state index contributed by atoms with van der Waals surface area (Å²) in [5.41, 5.74) is -0.556. The Morgan fingerprint density at radius 1 is 1.67 bits per heavy atom. The fourth-order valence-electron chi connectivity index (χ4n) is 3.43. The van der Waals surface area contributed by atoms with Gasteiger partial charge in [0, 0.05) is 18.8 Å². The molecule has 0 aliphatic heterocycles. The molecule has 6 heteroatoms. The SMILES string of the molecule is COC(=O)C1(NC(C)C)CCCC1CCn1cc(Cl)cn1. The summed E-state index contributed by atoms with van der Waals surface area (Å²) < 4.78 is 6.91. The van der Waals surface area contributed by atoms with Gasteiger partial charge in [-0.05, 0) is 39.0 Å². The molecule has 1 aromatic heterocycles. The molecule has 118 valence electrons. The number of esters is 1. The zero-order chi connectivity index (χ0) is 15.5. The van der Waals surface area contributed by atoms with Crippen molar-refractivity contribution in [3.8, 4) is 0 Å². The van der Waals surface area contributed by atoms with E-state index < -0.39 is 5.54 Å². The van der Waals surface area contributed by atoms with Gasteiger partial charge in [-0.3, -0.25) is 14.8 Å². The maximum absolute atomic E-state index is 12.4. The van der Waals surface area contributed by atoms with Crippen molar-refractivity contribution in [1.29, 1.82) is 0 Å². The van der Waals surface area contributed by atoms with Crippen molar-refractivity contribution >= 4 is 17.6 Å². The van der Waals surface area contributed by atoms with Crippen LogP contribution < -0.4 is 5.32 Å². The molecule has 0 aromatic carbocycles. The van der Waals surface area contributed by atoms with Gasteiger partial charge in [0.1, 0.15) is 5.54 Å². The molecule has 0 radical (unpaired) electrons. The number of nitrogens with one attached hydrogen (secondary N) is 1. The van der Waals surface area contributed by atoms with Gasteiger partial charge in [-0.2, -0.15) is 5.10 Å². The van der Waals surface area contributed by atoms with Crippen LogP contribution in [-0.4, -0.2) is 34.4 Å². The van der Waals surface area contributed by atoms with Gasteiger partial charge < -0.3 is 4.74 Å². The van der Waals surface area contributed by atoms with Crippen LogP contribution in [0.25, 0.3) is 0 Å². The van der Waals surface area contributed by atoms with E-state index in [0.29, 0.717) is 5.02 Å². The standard InChI is InChI=1S/C15H24ClN3O2/c1-11(2)18-15(14(20)21-3)7-4-5-12(15)6-8-19-10-13(16)9-17-19/h9-12,18H,4-8H2,1-3H3. The molecule has 1 fully saturated rings. The van der Waals surface area contributed by atoms with Gasteiger partial charge in [-0.1, -0.05) is 18.0 Å². The molecule has 2 atom stereocenters. The Bertz CT molecular complexity index is 489. The van der Waals surface area contributed by atoms with Crippen molar-refractivity contribution in [3.63, 3.8) is 0 Å². The highest BCUT2D eigenvalue weighted by molar-refractivity contribution is 6.30. The van der Waals surface area contributed by atoms with Crippen LogP contribution in [0.4, 0.5) is 0 Å². The maximum atomic E-state index is 12.4. The summed E-state index contributed by atoms with van der Waals surface area (Å²) in [6.07, 6.45) is 7.24. The lowest BCUT2D eigenvalue weighted by atomic mass is 9.84. The number of methoxy groups -OCH3 is 1. The Balaban J connectivity index is 2.09. The molecule has 1 N–H and O–H groups in total. The molecule has 1 aliphatic carbocycles. The lowest BCUT2D eigenvalue weighted by Crippen LogP contribution is -2.57. The lowest BCUT2D eigenvalue weighted by molar-refractivity contribution is -0.151. The fourth-order valence-corrected chi connectivity index (χ4v) is 3.59. The Morgan fingerprint density at radius 3 is 3.00 bits per heavy atom. The Hall–Kier alpha value is -1.07. The molecule has 0 saturated heterocycles. The minimum Gasteiger partial charge on any atom is -0.468 e. The van der Waals surface area contributed by atoms with Gasteiger partial charge in [0.25, 0.3) is 0 Å². The molecule has 1 aliphatic rings. The highest BCUT2D eigenvalue weighted by Crippen LogP contribution is 2.39. The smallest absolute Gasteiger partial charge is 0.326 e. The first-order chi connectivity index (χ1) is 9.98. The summed E-state index contributed by atoms with van der Waals surface area (Å²) in [4.78, 5) is 12.4. The highest BCUT2D eigenvalue weighted by Gasteiger charge is 2.49. The van der Waals surface area contributed by atoms with E-state index in [-0.39, 0.29) is 17.9 Å². The third kappa shape index (κ3) is 3.58. The van der Waals surface area contributed by atoms with Crippen LogP contribution in [0.5, 0.6) is 0 Å². The summed E-state index contributed by atoms with van der Waals surface area (Å²) in [6.45, 7) is 4.89. The average molecular weight is 314 g/mol. The van der Waals surface area contributed by atoms with E-state index in [9.17, 15) is 4.79 Å². The molecule has 2 rings (SSSR count). The van der Waals surface area contributed by atoms with Crippen LogP contribution in [-0.2, 0) is 16.1 Å². The average Bonchev–Trinajstić information content (AvgIpc) is 3.02. The van der Waals surface area contributed by atoms with Crippen molar-refractivity contribution in [2.24, 2.45) is 5.92 Å². The number of hydrogen-bond donors (Lipinski definition) is 1. The van der Waals surface area contributed by atoms with Crippen LogP contribution >= 0.6 is 11.6 Å². The van der Waals surface area contributed by atoms with Crippen molar-refractivity contribution < 1.29 is 9.53 Å². The molecule has 1 saturated carbocycles. The van der Waals surface area contributed by atoms with E-state index in [1.807, 2.05) is 10.9 Å². The molecule has 1 heterocycles. The van der Waals surface area contributed by atoms with Crippen LogP contribution in [0.15, 0.2) is 12.4 Å². The summed E-state index contributed by atoms with van der Waals surface area (Å²) in [5, 5.41) is 8.31. The summed E-state index contributed by atoms with van der Waals surface area (Å²) in [5.74, 6) is 0.118. The first-order valence-corrected chi connectivity index (χ1v) is 7.90. The number of ether oxygens (including phenoxy) is 1. The van der Waals surface area contributed by atoms with Crippen molar-refractivity contribution in [2.75, 3.05) is 7.11 Å². The molecular weight excluding hydrogens is 290 g/mol. The summed E-state index contributed by atoms with van der Waals surface area (Å²) in [6, 6.07) is 0.240. The molecule has 2 unspecified atom stereocenters. The predicted molar refractivity (Wildman–Crippen MR) is 82.2 cm³/mol. The summed E-state index contributed by atoms with van der Waals surface area (Å²) >= 11 is 5.88. The minimum absolute atomic E-state index is 0.141. The van der Waals surface area contributed by atoms with E-state index in [1.165, 1.54) is 7.11 Å². The van der Waals surface area contributed by atoms with Crippen LogP contribution in [0.2, 0.25) is 5.02 Å². The number of nitrogens with zero attached hydrogens (tertiary/aromatic N) is 2. The van der Waals surface area contributed by atoms with E-state index in [2.05, 4.69) is 24.3 Å². The number of halogens is 1. The lowest BCUT2D eigenvalue weighted by Gasteiger charge is -2.35. The van der Waals surface area contributed by atoms with Crippen LogP contribution in [0, 0.1) is 5.92 Å². The molecule has 0 spiro atoms. The quantitative estimate of drug-likeness (QED) is 0.820. The van der Waals surface area contributed by atoms with Gasteiger partial charge in [-0.25, -0.2) is 0 Å². The van der Waals surface area contributed by atoms with Gasteiger partial charge in [0.05, 0.1) is 18.3 Å². The number of carbonyl (C=O) groups excluding carboxylic acids is 1. The Morgan fingerprint density at radius 2 is 2.43 bits per heavy atom. The number of aryl methyl sites for hydroxylation is 1. The van der Waals surface area contributed by atoms with Gasteiger partial charge in [0.2, 0.25) is 0 Å². The molecule has 1 aromatic rings. The third-order valence-electron chi connectivity index (χ3n) is 4.22. The topological polar surface area (TPSA) is 56.1 Å². The molecule has 21 heavy (non-hydrogen) atoms. The fraction of sp³-hybridized carbons (Fsp3) is 0.733. The van der Waals surface area contributed by atoms with Crippen LogP contribution in [0.1, 0.15) is 39.5 Å². The van der Waals surface area contributed by atoms with E-state index in [4.69, 9.17) is 16.3 Å². The largest absolute Gasteiger partial charge is 0.468 e. The third-order valence-corrected chi connectivity index (χ3v) is 4.42. The van der Waals surface area contributed by atoms with Crippen LogP contribution in [0.3, 0.4) is 0 Å². The van der Waals surface area contributed by atoms with E-state index in [1.54, 1.807) is 6.20 Å². The van der Waals surface area contributed by atoms with E-state index >= 15 is 0 Å². The maximum Gasteiger partial charge on any atom is 0.326 e. The second-order valence-corrected chi connectivity index (χ2v) is 6.50. The number of carbonyl (C=O) groups is 1. The molecule has 0 amide bonds. The normalized spacial score (nSPS) is 25.5. The predicted octanol–water partition coefficient (Wildman–Crippen LogP) is 2.64. The molecule has 0 bridgehead atoms. The Labute approximate surface area is 131 Å². The second-order valence-electron chi connectivity index (χ2n) is 6.06. The number of aromatic nitrogens is 2.